The highest BCUT2D eigenvalue weighted by Crippen LogP contribution is 2.46. The van der Waals surface area contributed by atoms with E-state index >= 15 is 0 Å². The third kappa shape index (κ3) is 4.02. The minimum absolute atomic E-state index is 0.461. The SMILES string of the molecule is COc1ccccc1O[P@](C)(=O)Nc1ccc(C)cc1C. The van der Waals surface area contributed by atoms with Crippen molar-refractivity contribution < 1.29 is 13.8 Å². The normalized spacial score (nSPS) is 13.3. The summed E-state index contributed by atoms with van der Waals surface area (Å²) in [6.07, 6.45) is 0. The van der Waals surface area contributed by atoms with E-state index in [1.54, 1.807) is 25.9 Å². The van der Waals surface area contributed by atoms with Gasteiger partial charge in [0, 0.05) is 12.4 Å². The molecule has 5 heteroatoms. The quantitative estimate of drug-likeness (QED) is 0.818. The number of para-hydroxylation sites is 2. The number of aryl methyl sites for hydroxylation is 2. The molecule has 2 aromatic rings. The van der Waals surface area contributed by atoms with Gasteiger partial charge >= 0.3 is 7.52 Å². The van der Waals surface area contributed by atoms with Crippen LogP contribution in [-0.2, 0) is 4.57 Å². The molecule has 2 rings (SSSR count). The number of nitrogens with one attached hydrogen (secondary N) is 1. The van der Waals surface area contributed by atoms with Gasteiger partial charge in [-0.3, -0.25) is 4.57 Å². The van der Waals surface area contributed by atoms with Crippen molar-refractivity contribution in [3.63, 3.8) is 0 Å². The van der Waals surface area contributed by atoms with E-state index in [4.69, 9.17) is 9.26 Å². The van der Waals surface area contributed by atoms with E-state index in [1.165, 1.54) is 0 Å². The van der Waals surface area contributed by atoms with Gasteiger partial charge in [-0.1, -0.05) is 29.8 Å². The monoisotopic (exact) mass is 305 g/mol. The van der Waals surface area contributed by atoms with Crippen molar-refractivity contribution in [1.82, 2.24) is 0 Å². The van der Waals surface area contributed by atoms with Crippen molar-refractivity contribution in [3.8, 4) is 11.5 Å². The number of benzene rings is 2. The maximum Gasteiger partial charge on any atom is 0.338 e. The summed E-state index contributed by atoms with van der Waals surface area (Å²) >= 11 is 0. The zero-order valence-electron chi connectivity index (χ0n) is 12.7. The molecule has 2 aromatic carbocycles. The Hall–Kier alpha value is -1.93. The lowest BCUT2D eigenvalue weighted by atomic mass is 10.1. The lowest BCUT2D eigenvalue weighted by Gasteiger charge is -2.20. The molecule has 0 aliphatic carbocycles. The van der Waals surface area contributed by atoms with Gasteiger partial charge in [0.05, 0.1) is 7.11 Å². The van der Waals surface area contributed by atoms with E-state index in [9.17, 15) is 4.57 Å². The van der Waals surface area contributed by atoms with Crippen molar-refractivity contribution >= 4 is 13.2 Å². The lowest BCUT2D eigenvalue weighted by Crippen LogP contribution is -2.04. The Morgan fingerprint density at radius 3 is 2.33 bits per heavy atom. The molecule has 0 bridgehead atoms. The van der Waals surface area contributed by atoms with Crippen molar-refractivity contribution in [3.05, 3.63) is 53.6 Å². The maximum absolute atomic E-state index is 12.7. The molecule has 0 aliphatic rings. The van der Waals surface area contributed by atoms with Gasteiger partial charge in [0.2, 0.25) is 0 Å². The van der Waals surface area contributed by atoms with Gasteiger partial charge in [-0.2, -0.15) is 0 Å². The Morgan fingerprint density at radius 2 is 1.71 bits per heavy atom. The molecule has 0 saturated carbocycles. The highest BCUT2D eigenvalue weighted by atomic mass is 31.2. The lowest BCUT2D eigenvalue weighted by molar-refractivity contribution is 0.391. The fourth-order valence-corrected chi connectivity index (χ4v) is 3.32. The van der Waals surface area contributed by atoms with Gasteiger partial charge in [-0.25, -0.2) is 0 Å². The fourth-order valence-electron chi connectivity index (χ4n) is 2.06. The van der Waals surface area contributed by atoms with Crippen LogP contribution < -0.4 is 14.3 Å². The zero-order chi connectivity index (χ0) is 15.5. The number of hydrogen-bond donors (Lipinski definition) is 1. The summed E-state index contributed by atoms with van der Waals surface area (Å²) in [5.41, 5.74) is 3.00. The highest BCUT2D eigenvalue weighted by Gasteiger charge is 2.20. The van der Waals surface area contributed by atoms with Crippen LogP contribution in [0, 0.1) is 13.8 Å². The Morgan fingerprint density at radius 1 is 1.05 bits per heavy atom. The molecule has 0 spiro atoms. The van der Waals surface area contributed by atoms with Crippen LogP contribution >= 0.6 is 7.52 Å². The van der Waals surface area contributed by atoms with Crippen LogP contribution in [0.5, 0.6) is 11.5 Å². The van der Waals surface area contributed by atoms with E-state index in [1.807, 2.05) is 44.2 Å². The van der Waals surface area contributed by atoms with Crippen molar-refractivity contribution in [2.75, 3.05) is 18.9 Å². The first-order valence-corrected chi connectivity index (χ1v) is 8.74. The van der Waals surface area contributed by atoms with E-state index in [-0.39, 0.29) is 0 Å². The molecule has 1 N–H and O–H groups in total. The third-order valence-corrected chi connectivity index (χ3v) is 4.24. The van der Waals surface area contributed by atoms with Crippen LogP contribution in [0.1, 0.15) is 11.1 Å². The smallest absolute Gasteiger partial charge is 0.338 e. The first-order chi connectivity index (χ1) is 9.91. The summed E-state index contributed by atoms with van der Waals surface area (Å²) in [4.78, 5) is 0. The standard InChI is InChI=1S/C16H20NO3P/c1-12-9-10-14(13(2)11-12)17-21(4,18)20-16-8-6-5-7-15(16)19-3/h5-11H,1-4H3,(H,17,18)/t21-/m0/s1. The summed E-state index contributed by atoms with van der Waals surface area (Å²) in [6, 6.07) is 13.1. The minimum atomic E-state index is -3.05. The molecule has 0 radical (unpaired) electrons. The summed E-state index contributed by atoms with van der Waals surface area (Å²) < 4.78 is 23.5. The van der Waals surface area contributed by atoms with Crippen LogP contribution in [0.4, 0.5) is 5.69 Å². The highest BCUT2D eigenvalue weighted by molar-refractivity contribution is 7.60. The van der Waals surface area contributed by atoms with Gasteiger partial charge in [-0.05, 0) is 37.6 Å². The van der Waals surface area contributed by atoms with E-state index in [2.05, 4.69) is 5.09 Å². The predicted octanol–water partition coefficient (Wildman–Crippen LogP) is 4.63. The molecule has 0 heterocycles. The van der Waals surface area contributed by atoms with Crippen molar-refractivity contribution in [2.24, 2.45) is 0 Å². The number of rotatable bonds is 5. The predicted molar refractivity (Wildman–Crippen MR) is 86.7 cm³/mol. The van der Waals surface area contributed by atoms with E-state index in [0.29, 0.717) is 11.5 Å². The molecule has 4 nitrogen and oxygen atoms in total. The molecular weight excluding hydrogens is 285 g/mol. The molecular formula is C16H20NO3P. The number of hydrogen-bond acceptors (Lipinski definition) is 3. The van der Waals surface area contributed by atoms with Crippen LogP contribution in [0.3, 0.4) is 0 Å². The first-order valence-electron chi connectivity index (χ1n) is 6.67. The summed E-state index contributed by atoms with van der Waals surface area (Å²) in [7, 11) is -1.49. The van der Waals surface area contributed by atoms with Crippen LogP contribution in [0.2, 0.25) is 0 Å². The second kappa shape index (κ2) is 6.23. The van der Waals surface area contributed by atoms with Crippen LogP contribution in [0.25, 0.3) is 0 Å². The van der Waals surface area contributed by atoms with Gasteiger partial charge < -0.3 is 14.3 Å². The fraction of sp³-hybridized carbons (Fsp3) is 0.250. The molecule has 0 aliphatic heterocycles. The second-order valence-corrected chi connectivity index (χ2v) is 7.12. The van der Waals surface area contributed by atoms with Crippen LogP contribution in [-0.4, -0.2) is 13.8 Å². The van der Waals surface area contributed by atoms with Gasteiger partial charge in [0.15, 0.2) is 11.5 Å². The number of methoxy groups -OCH3 is 1. The largest absolute Gasteiger partial charge is 0.493 e. The summed E-state index contributed by atoms with van der Waals surface area (Å²) in [6.45, 7) is 5.55. The molecule has 0 saturated heterocycles. The van der Waals surface area contributed by atoms with E-state index in [0.717, 1.165) is 16.8 Å². The average molecular weight is 305 g/mol. The minimum Gasteiger partial charge on any atom is -0.493 e. The Labute approximate surface area is 125 Å². The molecule has 0 unspecified atom stereocenters. The number of anilines is 1. The summed E-state index contributed by atoms with van der Waals surface area (Å²) in [5.74, 6) is 1.02. The zero-order valence-corrected chi connectivity index (χ0v) is 13.6. The molecule has 1 atom stereocenters. The van der Waals surface area contributed by atoms with Crippen LogP contribution in [0.15, 0.2) is 42.5 Å². The van der Waals surface area contributed by atoms with Gasteiger partial charge in [0.1, 0.15) is 0 Å². The van der Waals surface area contributed by atoms with Gasteiger partial charge in [0.25, 0.3) is 0 Å². The molecule has 0 aromatic heterocycles. The Kier molecular flexibility index (Phi) is 4.59. The third-order valence-electron chi connectivity index (χ3n) is 3.05. The van der Waals surface area contributed by atoms with Crippen molar-refractivity contribution in [2.45, 2.75) is 13.8 Å². The van der Waals surface area contributed by atoms with E-state index < -0.39 is 7.52 Å². The Bertz CT molecular complexity index is 685. The average Bonchev–Trinajstić information content (AvgIpc) is 2.42. The number of ether oxygens (including phenoxy) is 1. The van der Waals surface area contributed by atoms with Crippen molar-refractivity contribution in [1.29, 1.82) is 0 Å². The first kappa shape index (κ1) is 15.5. The molecule has 0 fully saturated rings. The Balaban J connectivity index is 2.20. The maximum atomic E-state index is 12.7. The molecule has 0 amide bonds. The van der Waals surface area contributed by atoms with Gasteiger partial charge in [-0.15, -0.1) is 0 Å². The topological polar surface area (TPSA) is 47.6 Å². The summed E-state index contributed by atoms with van der Waals surface area (Å²) in [5, 5.41) is 2.99. The second-order valence-electron chi connectivity index (χ2n) is 5.02. The molecule has 112 valence electrons. The molecule has 21 heavy (non-hydrogen) atoms.